The molecule has 114 valence electrons. The Kier molecular flexibility index (Phi) is 6.95. The Morgan fingerprint density at radius 3 is 2.50 bits per heavy atom. The van der Waals surface area contributed by atoms with Gasteiger partial charge >= 0.3 is 6.61 Å². The van der Waals surface area contributed by atoms with Gasteiger partial charge in [-0.05, 0) is 25.6 Å². The smallest absolute Gasteiger partial charge is 0.387 e. The van der Waals surface area contributed by atoms with Crippen molar-refractivity contribution in [3.8, 4) is 5.75 Å². The molecule has 20 heavy (non-hydrogen) atoms. The summed E-state index contributed by atoms with van der Waals surface area (Å²) in [6.07, 6.45) is -0.524. The summed E-state index contributed by atoms with van der Waals surface area (Å²) in [5.74, 6) is -0.0740. The number of benzene rings is 1. The number of ether oxygens (including phenoxy) is 1. The highest BCUT2D eigenvalue weighted by Gasteiger charge is 2.17. The van der Waals surface area contributed by atoms with Gasteiger partial charge in [0.25, 0.3) is 0 Å². The lowest BCUT2D eigenvalue weighted by Crippen LogP contribution is -2.30. The number of likely N-dealkylation sites (N-methyl/N-ethyl adjacent to an activating group) is 1. The van der Waals surface area contributed by atoms with Crippen LogP contribution in [0.4, 0.5) is 8.78 Å². The SMILES string of the molecule is CCN(Cc1cc(Cl)cc(Cl)c1OC(F)F)C[C@@H](C)O. The van der Waals surface area contributed by atoms with Gasteiger partial charge in [0.05, 0.1) is 11.1 Å². The molecule has 0 aliphatic heterocycles. The number of aliphatic hydroxyl groups excluding tert-OH is 1. The minimum atomic E-state index is -2.96. The summed E-state index contributed by atoms with van der Waals surface area (Å²) < 4.78 is 29.4. The number of hydrogen-bond donors (Lipinski definition) is 1. The Balaban J connectivity index is 3.01. The van der Waals surface area contributed by atoms with Gasteiger partial charge in [0.1, 0.15) is 5.75 Å². The lowest BCUT2D eigenvalue weighted by atomic mass is 10.1. The van der Waals surface area contributed by atoms with E-state index in [-0.39, 0.29) is 10.8 Å². The first-order valence-electron chi connectivity index (χ1n) is 6.16. The number of hydrogen-bond acceptors (Lipinski definition) is 3. The summed E-state index contributed by atoms with van der Waals surface area (Å²) in [5.41, 5.74) is 0.463. The maximum Gasteiger partial charge on any atom is 0.387 e. The molecule has 0 aliphatic rings. The van der Waals surface area contributed by atoms with Crippen molar-refractivity contribution in [2.45, 2.75) is 33.1 Å². The normalized spacial score (nSPS) is 13.1. The van der Waals surface area contributed by atoms with Gasteiger partial charge in [0.15, 0.2) is 0 Å². The monoisotopic (exact) mass is 327 g/mol. The van der Waals surface area contributed by atoms with Crippen molar-refractivity contribution in [2.75, 3.05) is 13.1 Å². The van der Waals surface area contributed by atoms with Crippen LogP contribution in [0, 0.1) is 0 Å². The molecule has 1 aromatic rings. The van der Waals surface area contributed by atoms with Crippen molar-refractivity contribution in [1.82, 2.24) is 4.90 Å². The first-order valence-corrected chi connectivity index (χ1v) is 6.92. The highest BCUT2D eigenvalue weighted by atomic mass is 35.5. The molecule has 0 aliphatic carbocycles. The largest absolute Gasteiger partial charge is 0.433 e. The van der Waals surface area contributed by atoms with Crippen molar-refractivity contribution < 1.29 is 18.6 Å². The van der Waals surface area contributed by atoms with Crippen LogP contribution in [0.15, 0.2) is 12.1 Å². The van der Waals surface area contributed by atoms with Crippen LogP contribution in [0.25, 0.3) is 0 Å². The van der Waals surface area contributed by atoms with E-state index in [1.807, 2.05) is 11.8 Å². The molecule has 1 aromatic carbocycles. The minimum absolute atomic E-state index is 0.0425. The van der Waals surface area contributed by atoms with E-state index < -0.39 is 12.7 Å². The third kappa shape index (κ3) is 5.40. The fourth-order valence-corrected chi connectivity index (χ4v) is 2.45. The zero-order valence-electron chi connectivity index (χ0n) is 11.2. The molecule has 7 heteroatoms. The van der Waals surface area contributed by atoms with Gasteiger partial charge in [0, 0.05) is 23.7 Å². The number of aliphatic hydroxyl groups is 1. The van der Waals surface area contributed by atoms with E-state index in [9.17, 15) is 13.9 Å². The molecule has 1 atom stereocenters. The molecule has 1 N–H and O–H groups in total. The van der Waals surface area contributed by atoms with Crippen LogP contribution in [0.1, 0.15) is 19.4 Å². The number of nitrogens with zero attached hydrogens (tertiary/aromatic N) is 1. The van der Waals surface area contributed by atoms with Gasteiger partial charge in [-0.25, -0.2) is 0 Å². The fourth-order valence-electron chi connectivity index (χ4n) is 1.87. The zero-order valence-corrected chi connectivity index (χ0v) is 12.8. The van der Waals surface area contributed by atoms with Crippen LogP contribution in [-0.4, -0.2) is 35.8 Å². The summed E-state index contributed by atoms with van der Waals surface area (Å²) in [7, 11) is 0. The highest BCUT2D eigenvalue weighted by molar-refractivity contribution is 6.35. The molecule has 0 amide bonds. The molecule has 0 spiro atoms. The van der Waals surface area contributed by atoms with Crippen molar-refractivity contribution >= 4 is 23.2 Å². The average molecular weight is 328 g/mol. The Morgan fingerprint density at radius 1 is 1.35 bits per heavy atom. The van der Waals surface area contributed by atoms with Crippen LogP contribution in [0.3, 0.4) is 0 Å². The molecule has 3 nitrogen and oxygen atoms in total. The molecular formula is C13H17Cl2F2NO2. The second kappa shape index (κ2) is 7.98. The number of halogens is 4. The van der Waals surface area contributed by atoms with Gasteiger partial charge in [-0.1, -0.05) is 30.1 Å². The first kappa shape index (κ1) is 17.4. The van der Waals surface area contributed by atoms with Gasteiger partial charge in [-0.2, -0.15) is 8.78 Å². The van der Waals surface area contributed by atoms with E-state index in [4.69, 9.17) is 23.2 Å². The predicted molar refractivity (Wildman–Crippen MR) is 75.7 cm³/mol. The van der Waals surface area contributed by atoms with Gasteiger partial charge in [-0.3, -0.25) is 4.90 Å². The van der Waals surface area contributed by atoms with Crippen molar-refractivity contribution in [3.05, 3.63) is 27.7 Å². The molecular weight excluding hydrogens is 311 g/mol. The summed E-state index contributed by atoms with van der Waals surface area (Å²) in [6, 6.07) is 2.89. The Bertz CT molecular complexity index is 445. The summed E-state index contributed by atoms with van der Waals surface area (Å²) >= 11 is 11.8. The Hall–Kier alpha value is -0.620. The second-order valence-electron chi connectivity index (χ2n) is 4.43. The third-order valence-corrected chi connectivity index (χ3v) is 3.15. The lowest BCUT2D eigenvalue weighted by molar-refractivity contribution is -0.0508. The number of rotatable bonds is 7. The highest BCUT2D eigenvalue weighted by Crippen LogP contribution is 2.34. The predicted octanol–water partition coefficient (Wildman–Crippen LogP) is 3.80. The molecule has 0 saturated heterocycles. The maximum absolute atomic E-state index is 12.4. The van der Waals surface area contributed by atoms with Gasteiger partial charge in [-0.15, -0.1) is 0 Å². The fraction of sp³-hybridized carbons (Fsp3) is 0.538. The van der Waals surface area contributed by atoms with E-state index in [0.717, 1.165) is 0 Å². The van der Waals surface area contributed by atoms with Crippen LogP contribution < -0.4 is 4.74 Å². The Morgan fingerprint density at radius 2 is 2.00 bits per heavy atom. The van der Waals surface area contributed by atoms with Gasteiger partial charge in [0.2, 0.25) is 0 Å². The molecule has 0 radical (unpaired) electrons. The first-order chi connectivity index (χ1) is 9.33. The molecule has 0 aromatic heterocycles. The summed E-state index contributed by atoms with van der Waals surface area (Å²) in [4.78, 5) is 1.88. The topological polar surface area (TPSA) is 32.7 Å². The summed E-state index contributed by atoms with van der Waals surface area (Å²) in [6.45, 7) is 1.97. The standard InChI is InChI=1S/C13H17Cl2F2NO2/c1-3-18(6-8(2)19)7-9-4-10(14)5-11(15)12(9)20-13(16)17/h4-5,8,13,19H,3,6-7H2,1-2H3/t8-/m1/s1. The quantitative estimate of drug-likeness (QED) is 0.826. The second-order valence-corrected chi connectivity index (χ2v) is 5.27. The maximum atomic E-state index is 12.4. The zero-order chi connectivity index (χ0) is 15.3. The van der Waals surface area contributed by atoms with E-state index in [0.29, 0.717) is 30.2 Å². The Labute approximate surface area is 127 Å². The van der Waals surface area contributed by atoms with Crippen LogP contribution >= 0.6 is 23.2 Å². The molecule has 0 fully saturated rings. The molecule has 0 saturated carbocycles. The van der Waals surface area contributed by atoms with Crippen molar-refractivity contribution in [2.24, 2.45) is 0 Å². The van der Waals surface area contributed by atoms with E-state index in [1.165, 1.54) is 12.1 Å². The molecule has 0 bridgehead atoms. The minimum Gasteiger partial charge on any atom is -0.433 e. The van der Waals surface area contributed by atoms with Crippen LogP contribution in [0.2, 0.25) is 10.0 Å². The van der Waals surface area contributed by atoms with Crippen LogP contribution in [0.5, 0.6) is 5.75 Å². The van der Waals surface area contributed by atoms with E-state index >= 15 is 0 Å². The average Bonchev–Trinajstić information content (AvgIpc) is 2.31. The number of alkyl halides is 2. The van der Waals surface area contributed by atoms with E-state index in [1.54, 1.807) is 6.92 Å². The molecule has 1 rings (SSSR count). The van der Waals surface area contributed by atoms with Crippen molar-refractivity contribution in [3.63, 3.8) is 0 Å². The van der Waals surface area contributed by atoms with Crippen molar-refractivity contribution in [1.29, 1.82) is 0 Å². The molecule has 0 unspecified atom stereocenters. The summed E-state index contributed by atoms with van der Waals surface area (Å²) in [5, 5.41) is 9.80. The van der Waals surface area contributed by atoms with E-state index in [2.05, 4.69) is 4.74 Å². The lowest BCUT2D eigenvalue weighted by Gasteiger charge is -2.23. The molecule has 0 heterocycles. The van der Waals surface area contributed by atoms with Crippen LogP contribution in [-0.2, 0) is 6.54 Å². The third-order valence-electron chi connectivity index (χ3n) is 2.66. The van der Waals surface area contributed by atoms with Gasteiger partial charge < -0.3 is 9.84 Å².